The van der Waals surface area contributed by atoms with Crippen molar-refractivity contribution in [2.24, 2.45) is 0 Å². The van der Waals surface area contributed by atoms with E-state index in [0.29, 0.717) is 85.6 Å². The van der Waals surface area contributed by atoms with Crippen molar-refractivity contribution in [3.63, 3.8) is 0 Å². The minimum absolute atomic E-state index is 0.00104. The van der Waals surface area contributed by atoms with Crippen molar-refractivity contribution in [1.29, 1.82) is 0 Å². The molecular weight excluding hydrogens is 398 g/mol. The van der Waals surface area contributed by atoms with Crippen LogP contribution in [0.4, 0.5) is 0 Å². The second kappa shape index (κ2) is 22.4. The van der Waals surface area contributed by atoms with Crippen LogP contribution in [0.15, 0.2) is 0 Å². The molecule has 0 aliphatic heterocycles. The van der Waals surface area contributed by atoms with E-state index in [9.17, 15) is 9.59 Å². The molecule has 0 heterocycles. The number of nitrogens with one attached hydrogen (secondary N) is 1. The molecule has 0 saturated carbocycles. The molecule has 1 amide bonds. The van der Waals surface area contributed by atoms with Gasteiger partial charge in [0.25, 0.3) is 0 Å². The van der Waals surface area contributed by atoms with Gasteiger partial charge in [0.1, 0.15) is 0 Å². The second-order valence-corrected chi connectivity index (χ2v) is 6.58. The summed E-state index contributed by atoms with van der Waals surface area (Å²) in [5.74, 6) is -1.23. The fraction of sp³-hybridized carbons (Fsp3) is 0.900. The van der Waals surface area contributed by atoms with E-state index in [2.05, 4.69) is 5.32 Å². The number of carboxylic acid groups (broad SMARTS) is 1. The van der Waals surface area contributed by atoms with E-state index >= 15 is 0 Å². The Morgan fingerprint density at radius 3 is 1.57 bits per heavy atom. The molecule has 0 bridgehead atoms. The summed E-state index contributed by atoms with van der Waals surface area (Å²) in [6, 6.07) is 0. The molecule has 10 heteroatoms. The Morgan fingerprint density at radius 1 is 0.700 bits per heavy atom. The summed E-state index contributed by atoms with van der Waals surface area (Å²) < 4.78 is 32.3. The van der Waals surface area contributed by atoms with E-state index in [1.165, 1.54) is 0 Å². The van der Waals surface area contributed by atoms with E-state index < -0.39 is 5.97 Å². The predicted octanol–water partition coefficient (Wildman–Crippen LogP) is 0.866. The van der Waals surface area contributed by atoms with E-state index in [-0.39, 0.29) is 24.9 Å². The Labute approximate surface area is 179 Å². The molecule has 0 aromatic carbocycles. The van der Waals surface area contributed by atoms with Crippen molar-refractivity contribution in [2.75, 3.05) is 79.2 Å². The van der Waals surface area contributed by atoms with Crippen LogP contribution in [0, 0.1) is 0 Å². The number of rotatable bonds is 23. The van der Waals surface area contributed by atoms with Gasteiger partial charge in [0.2, 0.25) is 5.91 Å². The van der Waals surface area contributed by atoms with Crippen LogP contribution in [0.5, 0.6) is 0 Å². The Bertz CT molecular complexity index is 408. The van der Waals surface area contributed by atoms with Crippen LogP contribution < -0.4 is 5.32 Å². The number of carbonyl (C=O) groups is 2. The average molecular weight is 438 g/mol. The molecule has 0 aliphatic carbocycles. The molecule has 178 valence electrons. The molecule has 0 radical (unpaired) electrons. The molecule has 0 aromatic heterocycles. The van der Waals surface area contributed by atoms with E-state index in [1.807, 2.05) is 13.8 Å². The highest BCUT2D eigenvalue weighted by Gasteiger charge is 2.04. The molecule has 10 nitrogen and oxygen atoms in total. The van der Waals surface area contributed by atoms with E-state index in [1.54, 1.807) is 0 Å². The maximum Gasteiger partial charge on any atom is 0.303 e. The highest BCUT2D eigenvalue weighted by molar-refractivity contribution is 5.80. The quantitative estimate of drug-likeness (QED) is 0.224. The van der Waals surface area contributed by atoms with Crippen molar-refractivity contribution in [2.45, 2.75) is 39.2 Å². The largest absolute Gasteiger partial charge is 0.481 e. The van der Waals surface area contributed by atoms with Crippen molar-refractivity contribution < 1.29 is 43.1 Å². The smallest absolute Gasteiger partial charge is 0.303 e. The zero-order valence-corrected chi connectivity index (χ0v) is 18.4. The van der Waals surface area contributed by atoms with Gasteiger partial charge in [-0.3, -0.25) is 9.59 Å². The normalized spacial score (nSPS) is 11.2. The van der Waals surface area contributed by atoms with Crippen LogP contribution in [0.3, 0.4) is 0 Å². The van der Waals surface area contributed by atoms with Gasteiger partial charge in [0.15, 0.2) is 0 Å². The molecule has 0 aliphatic rings. The third kappa shape index (κ3) is 24.7. The number of amides is 1. The summed E-state index contributed by atoms with van der Waals surface area (Å²) in [5.41, 5.74) is 0. The first-order valence-corrected chi connectivity index (χ1v) is 10.5. The second-order valence-electron chi connectivity index (χ2n) is 6.58. The van der Waals surface area contributed by atoms with Crippen molar-refractivity contribution in [3.05, 3.63) is 0 Å². The molecule has 0 fully saturated rings. The molecule has 0 saturated heterocycles. The summed E-state index contributed by atoms with van der Waals surface area (Å²) in [7, 11) is 0. The lowest BCUT2D eigenvalue weighted by molar-refractivity contribution is -0.138. The van der Waals surface area contributed by atoms with Gasteiger partial charge in [-0.05, 0) is 20.3 Å². The summed E-state index contributed by atoms with van der Waals surface area (Å²) in [5, 5.41) is 11.1. The third-order valence-electron chi connectivity index (χ3n) is 3.52. The molecule has 2 N–H and O–H groups in total. The Balaban J connectivity index is 3.10. The number of hydrogen-bond acceptors (Lipinski definition) is 8. The Kier molecular flexibility index (Phi) is 21.4. The van der Waals surface area contributed by atoms with Gasteiger partial charge in [-0.15, -0.1) is 0 Å². The SMILES string of the molecule is CC(C)OCCOCCOCCOCCOCCOCCCNC(=O)CCC(=O)O. The number of aliphatic carboxylic acids is 1. The van der Waals surface area contributed by atoms with Gasteiger partial charge in [-0.2, -0.15) is 0 Å². The number of hydrogen-bond donors (Lipinski definition) is 2. The fourth-order valence-electron chi connectivity index (χ4n) is 2.04. The first-order chi connectivity index (χ1) is 14.5. The molecule has 30 heavy (non-hydrogen) atoms. The molecule has 0 spiro atoms. The van der Waals surface area contributed by atoms with Gasteiger partial charge < -0.3 is 38.8 Å². The minimum atomic E-state index is -0.975. The van der Waals surface area contributed by atoms with E-state index in [0.717, 1.165) is 0 Å². The van der Waals surface area contributed by atoms with Crippen molar-refractivity contribution in [3.8, 4) is 0 Å². The molecule has 0 unspecified atom stereocenters. The fourth-order valence-corrected chi connectivity index (χ4v) is 2.04. The lowest BCUT2D eigenvalue weighted by atomic mass is 10.3. The maximum absolute atomic E-state index is 11.3. The van der Waals surface area contributed by atoms with Crippen LogP contribution in [0.2, 0.25) is 0 Å². The van der Waals surface area contributed by atoms with Crippen LogP contribution in [0.25, 0.3) is 0 Å². The first kappa shape index (κ1) is 28.7. The monoisotopic (exact) mass is 437 g/mol. The number of ether oxygens (including phenoxy) is 6. The molecule has 0 rings (SSSR count). The molecule has 0 atom stereocenters. The summed E-state index contributed by atoms with van der Waals surface area (Å²) in [6.07, 6.45) is 0.739. The van der Waals surface area contributed by atoms with Gasteiger partial charge in [-0.25, -0.2) is 0 Å². The number of carbonyl (C=O) groups excluding carboxylic acids is 1. The topological polar surface area (TPSA) is 122 Å². The van der Waals surface area contributed by atoms with Crippen molar-refractivity contribution in [1.82, 2.24) is 5.32 Å². The predicted molar refractivity (Wildman–Crippen MR) is 110 cm³/mol. The molecular formula is C20H39NO9. The number of carboxylic acids is 1. The van der Waals surface area contributed by atoms with Gasteiger partial charge in [0, 0.05) is 19.6 Å². The zero-order valence-electron chi connectivity index (χ0n) is 18.4. The van der Waals surface area contributed by atoms with Gasteiger partial charge >= 0.3 is 5.97 Å². The average Bonchev–Trinajstić information content (AvgIpc) is 2.70. The lowest BCUT2D eigenvalue weighted by Crippen LogP contribution is -2.25. The maximum atomic E-state index is 11.3. The Morgan fingerprint density at radius 2 is 1.13 bits per heavy atom. The van der Waals surface area contributed by atoms with Crippen LogP contribution >= 0.6 is 0 Å². The van der Waals surface area contributed by atoms with Crippen molar-refractivity contribution >= 4 is 11.9 Å². The minimum Gasteiger partial charge on any atom is -0.481 e. The first-order valence-electron chi connectivity index (χ1n) is 10.5. The van der Waals surface area contributed by atoms with Crippen LogP contribution in [-0.2, 0) is 38.0 Å². The zero-order chi connectivity index (χ0) is 22.3. The lowest BCUT2D eigenvalue weighted by Gasteiger charge is -2.09. The third-order valence-corrected chi connectivity index (χ3v) is 3.52. The van der Waals surface area contributed by atoms with Crippen LogP contribution in [0.1, 0.15) is 33.1 Å². The van der Waals surface area contributed by atoms with E-state index in [4.69, 9.17) is 33.5 Å². The molecule has 0 aromatic rings. The summed E-state index contributed by atoms with van der Waals surface area (Å²) in [6.45, 7) is 10.2. The van der Waals surface area contributed by atoms with Crippen LogP contribution in [-0.4, -0.2) is 102 Å². The summed E-state index contributed by atoms with van der Waals surface area (Å²) >= 11 is 0. The highest BCUT2D eigenvalue weighted by Crippen LogP contribution is 1.90. The Hall–Kier alpha value is -1.30. The van der Waals surface area contributed by atoms with Gasteiger partial charge in [0.05, 0.1) is 78.6 Å². The summed E-state index contributed by atoms with van der Waals surface area (Å²) in [4.78, 5) is 21.6. The van der Waals surface area contributed by atoms with Gasteiger partial charge in [-0.1, -0.05) is 0 Å². The standard InChI is InChI=1S/C20H39NO9/c1-18(2)30-17-16-29-15-14-28-13-12-27-11-10-26-9-8-25-7-3-6-21-19(22)4-5-20(23)24/h18H,3-17H2,1-2H3,(H,21,22)(H,23,24). The highest BCUT2D eigenvalue weighted by atomic mass is 16.6.